The van der Waals surface area contributed by atoms with E-state index in [1.54, 1.807) is 0 Å². The highest BCUT2D eigenvalue weighted by Crippen LogP contribution is 2.57. The standard InChI is InChI=1S/C25H24O3/c1-14-10-19(28-13-16-6-4-3-5-7-16)11-15(2)20(14)23-24(26)21-17-8-9-18(12-17)22(21)25(23)27/h3-11,17-18,21-22,26H,12-13H2,1-2H3/t17-,18+,21-,22+/m0/s1. The minimum Gasteiger partial charge on any atom is -0.511 e. The Hall–Kier alpha value is -2.81. The lowest BCUT2D eigenvalue weighted by Gasteiger charge is -2.19. The van der Waals surface area contributed by atoms with Gasteiger partial charge in [0, 0.05) is 11.8 Å². The zero-order valence-corrected chi connectivity index (χ0v) is 16.2. The van der Waals surface area contributed by atoms with Crippen LogP contribution in [0.5, 0.6) is 5.75 Å². The number of fused-ring (bicyclic) bond motifs is 5. The molecule has 2 aromatic rings. The summed E-state index contributed by atoms with van der Waals surface area (Å²) in [5.74, 6) is 1.71. The smallest absolute Gasteiger partial charge is 0.171 e. The van der Waals surface area contributed by atoms with Crippen molar-refractivity contribution in [3.05, 3.63) is 82.6 Å². The number of aliphatic hydroxyl groups excluding tert-OH is 1. The SMILES string of the molecule is Cc1cc(OCc2ccccc2)cc(C)c1C1=C(O)[C@@H]2[C@H](C1=O)[C@@H]1C=C[C@H]2C1. The summed E-state index contributed by atoms with van der Waals surface area (Å²) in [4.78, 5) is 13.2. The van der Waals surface area contributed by atoms with Gasteiger partial charge in [-0.25, -0.2) is 0 Å². The summed E-state index contributed by atoms with van der Waals surface area (Å²) in [7, 11) is 0. The fourth-order valence-electron chi connectivity index (χ4n) is 5.41. The average molecular weight is 372 g/mol. The lowest BCUT2D eigenvalue weighted by atomic mass is 9.84. The van der Waals surface area contributed by atoms with E-state index in [2.05, 4.69) is 12.2 Å². The van der Waals surface area contributed by atoms with Crippen molar-refractivity contribution in [2.24, 2.45) is 23.7 Å². The van der Waals surface area contributed by atoms with Gasteiger partial charge in [0.2, 0.25) is 0 Å². The topological polar surface area (TPSA) is 46.5 Å². The Kier molecular flexibility index (Phi) is 3.94. The van der Waals surface area contributed by atoms with Crippen LogP contribution in [-0.2, 0) is 11.4 Å². The molecule has 0 radical (unpaired) electrons. The van der Waals surface area contributed by atoms with E-state index in [9.17, 15) is 9.90 Å². The van der Waals surface area contributed by atoms with Gasteiger partial charge in [0.1, 0.15) is 18.1 Å². The van der Waals surface area contributed by atoms with Crippen molar-refractivity contribution in [3.63, 3.8) is 0 Å². The number of allylic oxidation sites excluding steroid dienone is 4. The van der Waals surface area contributed by atoms with Gasteiger partial charge in [-0.1, -0.05) is 42.5 Å². The maximum atomic E-state index is 13.2. The Morgan fingerprint density at radius 2 is 1.64 bits per heavy atom. The number of benzene rings is 2. The van der Waals surface area contributed by atoms with Crippen LogP contribution in [0, 0.1) is 37.5 Å². The Balaban J connectivity index is 1.46. The maximum absolute atomic E-state index is 13.2. The molecule has 3 nitrogen and oxygen atoms in total. The molecule has 2 aromatic carbocycles. The van der Waals surface area contributed by atoms with Gasteiger partial charge in [-0.15, -0.1) is 0 Å². The van der Waals surface area contributed by atoms with Crippen LogP contribution in [0.4, 0.5) is 0 Å². The van der Waals surface area contributed by atoms with Crippen LogP contribution >= 0.6 is 0 Å². The van der Waals surface area contributed by atoms with Gasteiger partial charge in [-0.3, -0.25) is 4.79 Å². The molecule has 0 amide bonds. The van der Waals surface area contributed by atoms with Gasteiger partial charge in [0.25, 0.3) is 0 Å². The Morgan fingerprint density at radius 1 is 1.00 bits per heavy atom. The van der Waals surface area contributed by atoms with Crippen molar-refractivity contribution < 1.29 is 14.6 Å². The lowest BCUT2D eigenvalue weighted by Crippen LogP contribution is -2.22. The maximum Gasteiger partial charge on any atom is 0.171 e. The van der Waals surface area contributed by atoms with Gasteiger partial charge < -0.3 is 9.84 Å². The number of rotatable bonds is 4. The van der Waals surface area contributed by atoms with Crippen LogP contribution in [0.15, 0.2) is 60.4 Å². The third-order valence-electron chi connectivity index (χ3n) is 6.58. The Bertz CT molecular complexity index is 992. The number of aliphatic hydroxyl groups is 1. The van der Waals surface area contributed by atoms with Crippen molar-refractivity contribution in [2.75, 3.05) is 0 Å². The molecule has 3 heteroatoms. The summed E-state index contributed by atoms with van der Waals surface area (Å²) in [6, 6.07) is 14.0. The predicted molar refractivity (Wildman–Crippen MR) is 109 cm³/mol. The number of hydrogen-bond acceptors (Lipinski definition) is 3. The quantitative estimate of drug-likeness (QED) is 0.753. The largest absolute Gasteiger partial charge is 0.511 e. The molecule has 5 rings (SSSR count). The first-order valence-corrected chi connectivity index (χ1v) is 9.98. The molecule has 2 bridgehead atoms. The van der Waals surface area contributed by atoms with Gasteiger partial charge in [-0.05, 0) is 66.5 Å². The highest BCUT2D eigenvalue weighted by molar-refractivity contribution is 6.25. The molecule has 3 aliphatic rings. The number of ether oxygens (including phenoxy) is 1. The minimum atomic E-state index is -0.0715. The van der Waals surface area contributed by atoms with Crippen molar-refractivity contribution >= 4 is 11.4 Å². The zero-order chi connectivity index (χ0) is 19.4. The van der Waals surface area contributed by atoms with Crippen LogP contribution < -0.4 is 4.74 Å². The van der Waals surface area contributed by atoms with E-state index in [1.165, 1.54) is 0 Å². The molecule has 28 heavy (non-hydrogen) atoms. The van der Waals surface area contributed by atoms with Crippen molar-refractivity contribution in [2.45, 2.75) is 26.9 Å². The fourth-order valence-corrected chi connectivity index (χ4v) is 5.41. The molecule has 0 heterocycles. The molecule has 142 valence electrons. The molecular weight excluding hydrogens is 348 g/mol. The summed E-state index contributed by atoms with van der Waals surface area (Å²) in [6.07, 6.45) is 5.35. The number of hydrogen-bond donors (Lipinski definition) is 1. The van der Waals surface area contributed by atoms with Crippen molar-refractivity contribution in [1.82, 2.24) is 0 Å². The van der Waals surface area contributed by atoms with Crippen molar-refractivity contribution in [3.8, 4) is 5.75 Å². The fraction of sp³-hybridized carbons (Fsp3) is 0.320. The summed E-state index contributed by atoms with van der Waals surface area (Å²) >= 11 is 0. The van der Waals surface area contributed by atoms with Gasteiger partial charge in [-0.2, -0.15) is 0 Å². The number of ketones is 1. The molecule has 4 atom stereocenters. The van der Waals surface area contributed by atoms with Crippen LogP contribution in [0.1, 0.15) is 28.7 Å². The van der Waals surface area contributed by atoms with E-state index < -0.39 is 0 Å². The van der Waals surface area contributed by atoms with Crippen LogP contribution in [0.2, 0.25) is 0 Å². The summed E-state index contributed by atoms with van der Waals surface area (Å²) in [5.41, 5.74) is 4.47. The minimum absolute atomic E-state index is 0.0229. The molecule has 0 aliphatic heterocycles. The predicted octanol–water partition coefficient (Wildman–Crippen LogP) is 5.17. The summed E-state index contributed by atoms with van der Waals surface area (Å²) in [6.45, 7) is 4.49. The molecule has 3 aliphatic carbocycles. The molecule has 1 saturated carbocycles. The summed E-state index contributed by atoms with van der Waals surface area (Å²) < 4.78 is 5.97. The third kappa shape index (κ3) is 2.53. The monoisotopic (exact) mass is 372 g/mol. The highest BCUT2D eigenvalue weighted by atomic mass is 16.5. The second-order valence-corrected chi connectivity index (χ2v) is 8.33. The van der Waals surface area contributed by atoms with Crippen molar-refractivity contribution in [1.29, 1.82) is 0 Å². The molecule has 1 fully saturated rings. The van der Waals surface area contributed by atoms with Gasteiger partial charge in [0.15, 0.2) is 5.78 Å². The van der Waals surface area contributed by atoms with E-state index in [-0.39, 0.29) is 23.5 Å². The normalized spacial score (nSPS) is 27.6. The third-order valence-corrected chi connectivity index (χ3v) is 6.58. The zero-order valence-electron chi connectivity index (χ0n) is 16.2. The number of aryl methyl sites for hydroxylation is 2. The number of carbonyl (C=O) groups is 1. The van der Waals surface area contributed by atoms with E-state index in [0.29, 0.717) is 23.9 Å². The molecular formula is C25H24O3. The van der Waals surface area contributed by atoms with Crippen LogP contribution in [0.25, 0.3) is 5.57 Å². The average Bonchev–Trinajstić information content (AvgIpc) is 3.36. The summed E-state index contributed by atoms with van der Waals surface area (Å²) in [5, 5.41) is 11.0. The van der Waals surface area contributed by atoms with Crippen LogP contribution in [0.3, 0.4) is 0 Å². The van der Waals surface area contributed by atoms with E-state index in [1.807, 2.05) is 56.3 Å². The molecule has 1 N–H and O–H groups in total. The Labute approximate surface area is 165 Å². The molecule has 0 spiro atoms. The second kappa shape index (κ2) is 6.37. The first kappa shape index (κ1) is 17.3. The van der Waals surface area contributed by atoms with E-state index >= 15 is 0 Å². The first-order valence-electron chi connectivity index (χ1n) is 9.98. The molecule has 0 aromatic heterocycles. The second-order valence-electron chi connectivity index (χ2n) is 8.33. The number of carbonyl (C=O) groups excluding carboxylic acids is 1. The van der Waals surface area contributed by atoms with E-state index in [0.717, 1.165) is 34.4 Å². The van der Waals surface area contributed by atoms with Crippen LogP contribution in [-0.4, -0.2) is 10.9 Å². The van der Waals surface area contributed by atoms with Gasteiger partial charge >= 0.3 is 0 Å². The first-order chi connectivity index (χ1) is 13.5. The molecule has 0 saturated heterocycles. The lowest BCUT2D eigenvalue weighted by molar-refractivity contribution is -0.118. The molecule has 0 unspecified atom stereocenters. The Morgan fingerprint density at radius 3 is 2.29 bits per heavy atom. The highest BCUT2D eigenvalue weighted by Gasteiger charge is 2.55. The number of Topliss-reactive ketones (excluding diaryl/α,β-unsaturated/α-hetero) is 1. The van der Waals surface area contributed by atoms with E-state index in [4.69, 9.17) is 4.74 Å². The van der Waals surface area contributed by atoms with Gasteiger partial charge in [0.05, 0.1) is 5.57 Å².